The minimum absolute atomic E-state index is 0.0562. The van der Waals surface area contributed by atoms with Gasteiger partial charge in [0.05, 0.1) is 39.9 Å². The van der Waals surface area contributed by atoms with Gasteiger partial charge in [-0.2, -0.15) is 0 Å². The van der Waals surface area contributed by atoms with Crippen LogP contribution in [0.15, 0.2) is 122 Å². The highest BCUT2D eigenvalue weighted by Crippen LogP contribution is 2.43. The molecule has 0 bridgehead atoms. The second kappa shape index (κ2) is 55.6. The highest BCUT2D eigenvalue weighted by Gasteiger charge is 2.27. The summed E-state index contributed by atoms with van der Waals surface area (Å²) in [6, 6.07) is -0.855. The molecule has 0 aliphatic rings. The number of unbranched alkanes of at least 4 members (excludes halogenated alkanes) is 23. The van der Waals surface area contributed by atoms with Crippen LogP contribution in [0.1, 0.15) is 239 Å². The number of phosphoric acid groups is 1. The summed E-state index contributed by atoms with van der Waals surface area (Å²) in [5.74, 6) is -0.185. The molecule has 0 aromatic rings. The molecule has 1 amide bonds. The summed E-state index contributed by atoms with van der Waals surface area (Å²) in [5, 5.41) is 13.9. The van der Waals surface area contributed by atoms with E-state index in [1.54, 1.807) is 6.08 Å². The van der Waals surface area contributed by atoms with Crippen LogP contribution in [0.2, 0.25) is 0 Å². The molecule has 75 heavy (non-hydrogen) atoms. The van der Waals surface area contributed by atoms with Gasteiger partial charge in [0, 0.05) is 6.42 Å². The van der Waals surface area contributed by atoms with E-state index in [1.165, 1.54) is 122 Å². The Kier molecular flexibility index (Phi) is 53.3. The predicted octanol–water partition coefficient (Wildman–Crippen LogP) is 18.9. The van der Waals surface area contributed by atoms with Crippen molar-refractivity contribution in [2.75, 3.05) is 40.9 Å². The van der Waals surface area contributed by atoms with Crippen molar-refractivity contribution >= 4 is 13.7 Å². The Morgan fingerprint density at radius 1 is 0.467 bits per heavy atom. The maximum atomic E-state index is 13.0. The topological polar surface area (TPSA) is 105 Å². The first-order chi connectivity index (χ1) is 36.5. The largest absolute Gasteiger partial charge is 0.472 e. The number of aliphatic hydroxyl groups excluding tert-OH is 1. The Morgan fingerprint density at radius 2 is 0.800 bits per heavy atom. The van der Waals surface area contributed by atoms with Gasteiger partial charge in [-0.1, -0.05) is 264 Å². The van der Waals surface area contributed by atoms with E-state index >= 15 is 0 Å². The van der Waals surface area contributed by atoms with Crippen LogP contribution in [0.3, 0.4) is 0 Å². The van der Waals surface area contributed by atoms with Crippen molar-refractivity contribution in [2.45, 2.75) is 251 Å². The third kappa shape index (κ3) is 58.4. The molecule has 0 heterocycles. The number of likely N-dealkylation sites (N-methyl/N-ethyl adjacent to an activating group) is 1. The fourth-order valence-corrected chi connectivity index (χ4v) is 8.95. The normalized spacial score (nSPS) is 14.7. The lowest BCUT2D eigenvalue weighted by molar-refractivity contribution is -0.870. The summed E-state index contributed by atoms with van der Waals surface area (Å²) < 4.78 is 23.7. The van der Waals surface area contributed by atoms with Crippen LogP contribution in [-0.4, -0.2) is 73.4 Å². The van der Waals surface area contributed by atoms with Crippen LogP contribution in [-0.2, 0) is 18.4 Å². The lowest BCUT2D eigenvalue weighted by Crippen LogP contribution is -2.45. The molecule has 9 heteroatoms. The second-order valence-corrected chi connectivity index (χ2v) is 22.8. The van der Waals surface area contributed by atoms with Crippen LogP contribution in [0.5, 0.6) is 0 Å². The molecule has 3 N–H and O–H groups in total. The zero-order chi connectivity index (χ0) is 54.9. The van der Waals surface area contributed by atoms with Crippen molar-refractivity contribution in [1.29, 1.82) is 0 Å². The molecular formula is C66H116N2O6P+. The molecule has 0 aromatic carbocycles. The minimum Gasteiger partial charge on any atom is -0.387 e. The van der Waals surface area contributed by atoms with Crippen LogP contribution >= 0.6 is 7.82 Å². The molecule has 3 unspecified atom stereocenters. The summed E-state index contributed by atoms with van der Waals surface area (Å²) in [4.78, 5) is 23.3. The number of nitrogens with zero attached hydrogens (tertiary/aromatic N) is 1. The smallest absolute Gasteiger partial charge is 0.387 e. The molecule has 8 nitrogen and oxygen atoms in total. The second-order valence-electron chi connectivity index (χ2n) is 21.3. The average Bonchev–Trinajstić information content (AvgIpc) is 3.37. The monoisotopic (exact) mass is 1060 g/mol. The van der Waals surface area contributed by atoms with Crippen molar-refractivity contribution in [3.63, 3.8) is 0 Å². The van der Waals surface area contributed by atoms with E-state index in [0.29, 0.717) is 17.4 Å². The van der Waals surface area contributed by atoms with Crippen LogP contribution < -0.4 is 5.32 Å². The van der Waals surface area contributed by atoms with Gasteiger partial charge in [-0.25, -0.2) is 4.57 Å². The molecule has 0 aromatic heterocycles. The number of phosphoric ester groups is 1. The van der Waals surface area contributed by atoms with Crippen LogP contribution in [0.4, 0.5) is 0 Å². The summed E-state index contributed by atoms with van der Waals surface area (Å²) in [6.07, 6.45) is 83.1. The Labute approximate surface area is 463 Å². The van der Waals surface area contributed by atoms with E-state index in [1.807, 2.05) is 27.2 Å². The minimum atomic E-state index is -4.35. The standard InChI is InChI=1S/C66H115N2O6P/c1-6-8-10-12-14-16-18-20-22-23-24-25-26-27-28-29-30-31-32-33-34-35-36-37-38-39-40-41-42-43-44-45-46-48-50-52-54-56-58-60-66(70)67-64(63-74-75(71,72)73-62-61-68(3,4)5)65(69)59-57-55-53-51-49-47-21-19-17-15-13-11-9-7-2/h8,10,14,16,20,22,24-25,27-28,30-31,33-34,36-37,39-40,57,59,64-65,69H,6-7,9,11-13,15,17-19,21,23,26,29,32,35,38,41-56,58,60-63H2,1-5H3,(H-,67,70,71,72)/p+1/b10-8-,16-14-,22-20-,25-24-,28-27-,31-30-,34-33-,37-36-,40-39-,59-57+. The van der Waals surface area contributed by atoms with Gasteiger partial charge in [-0.05, 0) is 89.9 Å². The van der Waals surface area contributed by atoms with Crippen molar-refractivity contribution in [1.82, 2.24) is 5.32 Å². The maximum absolute atomic E-state index is 13.0. The molecule has 0 aliphatic carbocycles. The highest BCUT2D eigenvalue weighted by atomic mass is 31.2. The van der Waals surface area contributed by atoms with Crippen molar-refractivity contribution in [3.8, 4) is 0 Å². The Bertz CT molecular complexity index is 1630. The number of hydrogen-bond acceptors (Lipinski definition) is 5. The number of amides is 1. The number of quaternary nitrogens is 1. The van der Waals surface area contributed by atoms with Crippen molar-refractivity contribution < 1.29 is 32.9 Å². The lowest BCUT2D eigenvalue weighted by Gasteiger charge is -2.25. The van der Waals surface area contributed by atoms with E-state index < -0.39 is 20.0 Å². The molecular weight excluding hydrogens is 948 g/mol. The van der Waals surface area contributed by atoms with Gasteiger partial charge >= 0.3 is 7.82 Å². The fraction of sp³-hybridized carbons (Fsp3) is 0.682. The number of hydrogen-bond donors (Lipinski definition) is 3. The number of carbonyl (C=O) groups is 1. The predicted molar refractivity (Wildman–Crippen MR) is 327 cm³/mol. The average molecular weight is 1060 g/mol. The molecule has 0 fully saturated rings. The summed E-state index contributed by atoms with van der Waals surface area (Å²) >= 11 is 0. The van der Waals surface area contributed by atoms with Gasteiger partial charge in [0.1, 0.15) is 13.2 Å². The molecule has 0 aliphatic heterocycles. The maximum Gasteiger partial charge on any atom is 0.472 e. The first-order valence-corrected chi connectivity index (χ1v) is 31.9. The molecule has 3 atom stereocenters. The zero-order valence-electron chi connectivity index (χ0n) is 49.0. The van der Waals surface area contributed by atoms with Gasteiger partial charge in [0.2, 0.25) is 5.91 Å². The first kappa shape index (κ1) is 71.9. The van der Waals surface area contributed by atoms with Gasteiger partial charge in [-0.3, -0.25) is 13.8 Å². The third-order valence-electron chi connectivity index (χ3n) is 12.9. The summed E-state index contributed by atoms with van der Waals surface area (Å²) in [6.45, 7) is 4.69. The molecule has 430 valence electrons. The number of allylic oxidation sites excluding steroid dienone is 19. The first-order valence-electron chi connectivity index (χ1n) is 30.4. The molecule has 0 radical (unpaired) electrons. The van der Waals surface area contributed by atoms with Crippen LogP contribution in [0.25, 0.3) is 0 Å². The molecule has 0 saturated heterocycles. The number of carbonyl (C=O) groups excluding carboxylic acids is 1. The van der Waals surface area contributed by atoms with E-state index in [9.17, 15) is 19.4 Å². The summed E-state index contributed by atoms with van der Waals surface area (Å²) in [5.41, 5.74) is 0. The Hall–Kier alpha value is -3.10. The van der Waals surface area contributed by atoms with Gasteiger partial charge in [-0.15, -0.1) is 0 Å². The highest BCUT2D eigenvalue weighted by molar-refractivity contribution is 7.47. The molecule has 0 saturated carbocycles. The lowest BCUT2D eigenvalue weighted by atomic mass is 10.0. The SMILES string of the molecule is CC/C=C\C/C=C\C/C=C\C/C=C\C/C=C\C/C=C\C/C=C\C/C=C\C/C=C\CCCCCCCCCCCCCC(=O)NC(COP(=O)(O)OCC[N+](C)(C)C)C(O)/C=C/CCCCCCCCCCCCCC. The Morgan fingerprint density at radius 3 is 1.17 bits per heavy atom. The third-order valence-corrected chi connectivity index (χ3v) is 13.9. The van der Waals surface area contributed by atoms with Crippen LogP contribution in [0, 0.1) is 0 Å². The molecule has 0 spiro atoms. The van der Waals surface area contributed by atoms with E-state index in [-0.39, 0.29) is 19.1 Å². The summed E-state index contributed by atoms with van der Waals surface area (Å²) in [7, 11) is 1.56. The number of rotatable bonds is 54. The van der Waals surface area contributed by atoms with Gasteiger partial charge < -0.3 is 19.8 Å². The van der Waals surface area contributed by atoms with Gasteiger partial charge in [0.25, 0.3) is 0 Å². The van der Waals surface area contributed by atoms with E-state index in [4.69, 9.17) is 9.05 Å². The number of nitrogens with one attached hydrogen (secondary N) is 1. The van der Waals surface area contributed by atoms with Gasteiger partial charge in [0.15, 0.2) is 0 Å². The fourth-order valence-electron chi connectivity index (χ4n) is 8.21. The van der Waals surface area contributed by atoms with Crippen molar-refractivity contribution in [2.24, 2.45) is 0 Å². The molecule has 0 rings (SSSR count). The van der Waals surface area contributed by atoms with E-state index in [0.717, 1.165) is 96.3 Å². The zero-order valence-corrected chi connectivity index (χ0v) is 49.9. The van der Waals surface area contributed by atoms with E-state index in [2.05, 4.69) is 129 Å². The quantitative estimate of drug-likeness (QED) is 0.0243. The number of aliphatic hydroxyl groups is 1. The van der Waals surface area contributed by atoms with Crippen molar-refractivity contribution in [3.05, 3.63) is 122 Å². The Balaban J connectivity index is 4.09.